The summed E-state index contributed by atoms with van der Waals surface area (Å²) >= 11 is 0. The SMILES string of the molecule is Cl.Fc1ccc(F)c(CN2CCCNCC2)c1. The molecular weight excluding hydrogens is 246 g/mol. The van der Waals surface area contributed by atoms with Gasteiger partial charge < -0.3 is 5.32 Å². The van der Waals surface area contributed by atoms with E-state index >= 15 is 0 Å². The standard InChI is InChI=1S/C12H16F2N2.ClH/c13-11-2-3-12(14)10(8-11)9-16-6-1-4-15-5-7-16;/h2-3,8,15H,1,4-7,9H2;1H. The maximum absolute atomic E-state index is 13.4. The summed E-state index contributed by atoms with van der Waals surface area (Å²) in [7, 11) is 0. The molecule has 1 saturated heterocycles. The fourth-order valence-electron chi connectivity index (χ4n) is 1.97. The summed E-state index contributed by atoms with van der Waals surface area (Å²) in [6.45, 7) is 4.23. The number of hydrogen-bond acceptors (Lipinski definition) is 2. The van der Waals surface area contributed by atoms with Crippen LogP contribution < -0.4 is 5.32 Å². The molecular formula is C12H17ClF2N2. The van der Waals surface area contributed by atoms with Crippen LogP contribution in [-0.4, -0.2) is 31.1 Å². The fraction of sp³-hybridized carbons (Fsp3) is 0.500. The zero-order valence-corrected chi connectivity index (χ0v) is 10.4. The molecule has 96 valence electrons. The van der Waals surface area contributed by atoms with E-state index in [1.54, 1.807) is 0 Å². The van der Waals surface area contributed by atoms with Crippen molar-refractivity contribution in [3.63, 3.8) is 0 Å². The lowest BCUT2D eigenvalue weighted by atomic mass is 10.2. The minimum absolute atomic E-state index is 0. The summed E-state index contributed by atoms with van der Waals surface area (Å²) in [6, 6.07) is 3.64. The van der Waals surface area contributed by atoms with Crippen LogP contribution >= 0.6 is 12.4 Å². The molecule has 0 aliphatic carbocycles. The average Bonchev–Trinajstić information content (AvgIpc) is 2.52. The van der Waals surface area contributed by atoms with E-state index < -0.39 is 0 Å². The van der Waals surface area contributed by atoms with Crippen LogP contribution in [0.5, 0.6) is 0 Å². The zero-order chi connectivity index (χ0) is 11.4. The second kappa shape index (κ2) is 6.89. The van der Waals surface area contributed by atoms with E-state index in [1.807, 2.05) is 0 Å². The number of hydrogen-bond donors (Lipinski definition) is 1. The van der Waals surface area contributed by atoms with Crippen LogP contribution in [0.2, 0.25) is 0 Å². The molecule has 0 saturated carbocycles. The number of rotatable bonds is 2. The topological polar surface area (TPSA) is 15.3 Å². The molecule has 17 heavy (non-hydrogen) atoms. The van der Waals surface area contributed by atoms with Gasteiger partial charge in [0.1, 0.15) is 11.6 Å². The lowest BCUT2D eigenvalue weighted by Crippen LogP contribution is -2.28. The number of nitrogens with one attached hydrogen (secondary N) is 1. The summed E-state index contributed by atoms with van der Waals surface area (Å²) in [4.78, 5) is 2.15. The Morgan fingerprint density at radius 3 is 2.82 bits per heavy atom. The van der Waals surface area contributed by atoms with Crippen molar-refractivity contribution >= 4 is 12.4 Å². The Morgan fingerprint density at radius 1 is 1.18 bits per heavy atom. The van der Waals surface area contributed by atoms with E-state index in [9.17, 15) is 8.78 Å². The molecule has 0 atom stereocenters. The van der Waals surface area contributed by atoms with Gasteiger partial charge in [0, 0.05) is 25.2 Å². The Balaban J connectivity index is 0.00000144. The highest BCUT2D eigenvalue weighted by atomic mass is 35.5. The molecule has 5 heteroatoms. The molecule has 1 aliphatic rings. The first-order valence-electron chi connectivity index (χ1n) is 5.63. The largest absolute Gasteiger partial charge is 0.315 e. The predicted octanol–water partition coefficient (Wildman–Crippen LogP) is 2.18. The van der Waals surface area contributed by atoms with Crippen LogP contribution in [0.1, 0.15) is 12.0 Å². The van der Waals surface area contributed by atoms with Gasteiger partial charge >= 0.3 is 0 Å². The predicted molar refractivity (Wildman–Crippen MR) is 66.4 cm³/mol. The van der Waals surface area contributed by atoms with Crippen molar-refractivity contribution in [2.75, 3.05) is 26.2 Å². The van der Waals surface area contributed by atoms with Crippen LogP contribution in [0.25, 0.3) is 0 Å². The van der Waals surface area contributed by atoms with Crippen molar-refractivity contribution in [1.29, 1.82) is 0 Å². The lowest BCUT2D eigenvalue weighted by Gasteiger charge is -2.19. The van der Waals surface area contributed by atoms with Crippen LogP contribution in [0.3, 0.4) is 0 Å². The lowest BCUT2D eigenvalue weighted by molar-refractivity contribution is 0.279. The van der Waals surface area contributed by atoms with Crippen molar-refractivity contribution in [3.8, 4) is 0 Å². The van der Waals surface area contributed by atoms with E-state index in [-0.39, 0.29) is 24.0 Å². The van der Waals surface area contributed by atoms with Crippen LogP contribution in [-0.2, 0) is 6.54 Å². The van der Waals surface area contributed by atoms with Gasteiger partial charge in [-0.3, -0.25) is 4.90 Å². The van der Waals surface area contributed by atoms with Gasteiger partial charge in [-0.15, -0.1) is 12.4 Å². The first-order valence-corrected chi connectivity index (χ1v) is 5.63. The molecule has 0 radical (unpaired) electrons. The monoisotopic (exact) mass is 262 g/mol. The molecule has 0 unspecified atom stereocenters. The van der Waals surface area contributed by atoms with Gasteiger partial charge in [0.2, 0.25) is 0 Å². The van der Waals surface area contributed by atoms with Gasteiger partial charge in [-0.05, 0) is 37.7 Å². The van der Waals surface area contributed by atoms with E-state index in [4.69, 9.17) is 0 Å². The second-order valence-corrected chi connectivity index (χ2v) is 4.12. The zero-order valence-electron chi connectivity index (χ0n) is 9.59. The molecule has 1 fully saturated rings. The van der Waals surface area contributed by atoms with Crippen LogP contribution in [0.15, 0.2) is 18.2 Å². The molecule has 1 N–H and O–H groups in total. The maximum Gasteiger partial charge on any atom is 0.127 e. The molecule has 1 aromatic carbocycles. The third-order valence-electron chi connectivity index (χ3n) is 2.83. The highest BCUT2D eigenvalue weighted by Crippen LogP contribution is 2.12. The number of halogens is 3. The van der Waals surface area contributed by atoms with E-state index in [1.165, 1.54) is 12.1 Å². The van der Waals surface area contributed by atoms with Crippen molar-refractivity contribution in [3.05, 3.63) is 35.4 Å². The fourth-order valence-corrected chi connectivity index (χ4v) is 1.97. The first-order chi connectivity index (χ1) is 7.75. The van der Waals surface area contributed by atoms with Gasteiger partial charge in [-0.2, -0.15) is 0 Å². The minimum atomic E-state index is -0.371. The summed E-state index contributed by atoms with van der Waals surface area (Å²) in [6.07, 6.45) is 1.05. The molecule has 0 aromatic heterocycles. The van der Waals surface area contributed by atoms with Crippen molar-refractivity contribution in [2.24, 2.45) is 0 Å². The Hall–Kier alpha value is -0.710. The van der Waals surface area contributed by atoms with Crippen LogP contribution in [0, 0.1) is 11.6 Å². The van der Waals surface area contributed by atoms with Crippen molar-refractivity contribution < 1.29 is 8.78 Å². The molecule has 2 rings (SSSR count). The number of nitrogens with zero attached hydrogens (tertiary/aromatic N) is 1. The summed E-state index contributed by atoms with van der Waals surface area (Å²) < 4.78 is 26.4. The minimum Gasteiger partial charge on any atom is -0.315 e. The molecule has 0 spiro atoms. The first kappa shape index (κ1) is 14.4. The summed E-state index contributed by atoms with van der Waals surface area (Å²) in [5.41, 5.74) is 0.446. The van der Waals surface area contributed by atoms with Gasteiger partial charge in [-0.1, -0.05) is 0 Å². The van der Waals surface area contributed by atoms with Crippen molar-refractivity contribution in [2.45, 2.75) is 13.0 Å². The van der Waals surface area contributed by atoms with Gasteiger partial charge in [-0.25, -0.2) is 8.78 Å². The summed E-state index contributed by atoms with van der Waals surface area (Å²) in [5, 5.41) is 3.28. The normalized spacial score (nSPS) is 17.3. The Bertz CT molecular complexity index is 352. The molecule has 1 aliphatic heterocycles. The maximum atomic E-state index is 13.4. The van der Waals surface area contributed by atoms with Gasteiger partial charge in [0.25, 0.3) is 0 Å². The van der Waals surface area contributed by atoms with Crippen molar-refractivity contribution in [1.82, 2.24) is 10.2 Å². The molecule has 1 aromatic rings. The number of benzene rings is 1. The highest BCUT2D eigenvalue weighted by Gasteiger charge is 2.12. The quantitative estimate of drug-likeness (QED) is 0.879. The van der Waals surface area contributed by atoms with Gasteiger partial charge in [0.05, 0.1) is 0 Å². The third-order valence-corrected chi connectivity index (χ3v) is 2.83. The third kappa shape index (κ3) is 4.22. The Morgan fingerprint density at radius 2 is 2.00 bits per heavy atom. The highest BCUT2D eigenvalue weighted by molar-refractivity contribution is 5.85. The molecule has 2 nitrogen and oxygen atoms in total. The molecule has 1 heterocycles. The van der Waals surface area contributed by atoms with Gasteiger partial charge in [0.15, 0.2) is 0 Å². The van der Waals surface area contributed by atoms with E-state index in [2.05, 4.69) is 10.2 Å². The smallest absolute Gasteiger partial charge is 0.127 e. The molecule has 0 amide bonds. The van der Waals surface area contributed by atoms with E-state index in [0.29, 0.717) is 12.1 Å². The second-order valence-electron chi connectivity index (χ2n) is 4.12. The Kier molecular flexibility index (Phi) is 5.82. The van der Waals surface area contributed by atoms with E-state index in [0.717, 1.165) is 38.7 Å². The Labute approximate surface area is 106 Å². The summed E-state index contributed by atoms with van der Waals surface area (Å²) in [5.74, 6) is -0.692. The molecule has 0 bridgehead atoms. The average molecular weight is 263 g/mol. The van der Waals surface area contributed by atoms with Crippen LogP contribution in [0.4, 0.5) is 8.78 Å².